The van der Waals surface area contributed by atoms with Gasteiger partial charge in [0.25, 0.3) is 0 Å². The van der Waals surface area contributed by atoms with Crippen LogP contribution in [0, 0.1) is 0 Å². The van der Waals surface area contributed by atoms with E-state index in [1.54, 1.807) is 6.08 Å². The van der Waals surface area contributed by atoms with Gasteiger partial charge in [-0.05, 0) is 77.0 Å². The van der Waals surface area contributed by atoms with Crippen LogP contribution < -0.4 is 5.32 Å². The van der Waals surface area contributed by atoms with Crippen molar-refractivity contribution in [2.45, 2.75) is 251 Å². The number of amides is 1. The van der Waals surface area contributed by atoms with Gasteiger partial charge in [0.1, 0.15) is 0 Å². The van der Waals surface area contributed by atoms with E-state index in [0.717, 1.165) is 44.9 Å². The first-order chi connectivity index (χ1) is 27.2. The van der Waals surface area contributed by atoms with Crippen molar-refractivity contribution in [1.82, 2.24) is 5.32 Å². The Bertz CT molecular complexity index is 919. The summed E-state index contributed by atoms with van der Waals surface area (Å²) in [6, 6.07) is -0.648. The van der Waals surface area contributed by atoms with Gasteiger partial charge in [0.15, 0.2) is 0 Å². The number of allylic oxidation sites excluding steroid dienone is 9. The zero-order valence-corrected chi connectivity index (χ0v) is 36.7. The SMILES string of the molecule is CCCCCCCC/C=C/CC/C=C/CC/C=C/C(O)C(CO)NC(=O)CCCCCCCCCCCCC/C=C\C/C=C\CCCCCCCCCCC. The largest absolute Gasteiger partial charge is 0.394 e. The molecule has 3 N–H and O–H groups in total. The molecule has 0 aliphatic heterocycles. The van der Waals surface area contributed by atoms with Crippen molar-refractivity contribution in [3.05, 3.63) is 60.8 Å². The van der Waals surface area contributed by atoms with Crippen molar-refractivity contribution in [3.63, 3.8) is 0 Å². The summed E-state index contributed by atoms with van der Waals surface area (Å²) in [5.74, 6) is -0.0811. The number of aliphatic hydroxyl groups is 2. The average molecular weight is 768 g/mol. The average Bonchev–Trinajstić information content (AvgIpc) is 3.19. The summed E-state index contributed by atoms with van der Waals surface area (Å²) in [6.07, 6.45) is 64.9. The Balaban J connectivity index is 3.59. The van der Waals surface area contributed by atoms with Crippen LogP contribution in [0.4, 0.5) is 0 Å². The molecule has 4 nitrogen and oxygen atoms in total. The number of nitrogens with one attached hydrogen (secondary N) is 1. The van der Waals surface area contributed by atoms with Crippen molar-refractivity contribution in [2.75, 3.05) is 6.61 Å². The number of unbranched alkanes of at least 4 members (excludes halogenated alkanes) is 28. The highest BCUT2D eigenvalue weighted by Crippen LogP contribution is 2.14. The number of carbonyl (C=O) groups excluding carboxylic acids is 1. The molecule has 55 heavy (non-hydrogen) atoms. The van der Waals surface area contributed by atoms with E-state index in [-0.39, 0.29) is 12.5 Å². The molecule has 320 valence electrons. The topological polar surface area (TPSA) is 69.6 Å². The smallest absolute Gasteiger partial charge is 0.220 e. The van der Waals surface area contributed by atoms with Crippen molar-refractivity contribution in [1.29, 1.82) is 0 Å². The normalized spacial score (nSPS) is 13.5. The fourth-order valence-electron chi connectivity index (χ4n) is 7.00. The van der Waals surface area contributed by atoms with Crippen molar-refractivity contribution in [2.24, 2.45) is 0 Å². The second-order valence-corrected chi connectivity index (χ2v) is 16.2. The minimum Gasteiger partial charge on any atom is -0.394 e. The predicted molar refractivity (Wildman–Crippen MR) is 244 cm³/mol. The van der Waals surface area contributed by atoms with Crippen LogP contribution in [-0.4, -0.2) is 34.9 Å². The van der Waals surface area contributed by atoms with Gasteiger partial charge in [-0.1, -0.05) is 216 Å². The Morgan fingerprint density at radius 3 is 1.16 bits per heavy atom. The number of hydrogen-bond acceptors (Lipinski definition) is 3. The fourth-order valence-corrected chi connectivity index (χ4v) is 7.00. The first kappa shape index (κ1) is 53.1. The minimum absolute atomic E-state index is 0.0811. The monoisotopic (exact) mass is 768 g/mol. The molecule has 0 heterocycles. The molecule has 2 unspecified atom stereocenters. The van der Waals surface area contributed by atoms with Gasteiger partial charge in [-0.3, -0.25) is 4.79 Å². The lowest BCUT2D eigenvalue weighted by molar-refractivity contribution is -0.123. The highest BCUT2D eigenvalue weighted by Gasteiger charge is 2.17. The number of hydrogen-bond donors (Lipinski definition) is 3. The molecule has 0 aromatic heterocycles. The van der Waals surface area contributed by atoms with Crippen molar-refractivity contribution >= 4 is 5.91 Å². The predicted octanol–water partition coefficient (Wildman–Crippen LogP) is 15.3. The van der Waals surface area contributed by atoms with Crippen molar-refractivity contribution < 1.29 is 15.0 Å². The molecule has 1 amide bonds. The standard InChI is InChI=1S/C51H93NO3/c1-3-5-7-9-11-13-15-17-19-21-22-23-24-25-26-27-28-29-30-31-33-35-37-39-41-43-45-47-51(55)52-49(48-53)50(54)46-44-42-40-38-36-34-32-20-18-16-14-12-10-8-6-4-2/h18,20,22-23,25-26,36,38,44,46,49-50,53-54H,3-17,19,21,24,27-35,37,39-43,45,47-48H2,1-2H3,(H,52,55)/b20-18+,23-22-,26-25-,38-36+,46-44+. The molecule has 0 aliphatic rings. The molecule has 0 fully saturated rings. The van der Waals surface area contributed by atoms with Crippen LogP contribution >= 0.6 is 0 Å². The lowest BCUT2D eigenvalue weighted by Gasteiger charge is -2.19. The Hall–Kier alpha value is -1.91. The van der Waals surface area contributed by atoms with E-state index >= 15 is 0 Å². The van der Waals surface area contributed by atoms with Crippen LogP contribution in [0.3, 0.4) is 0 Å². The Labute approximate surface area is 343 Å². The van der Waals surface area contributed by atoms with Crippen LogP contribution in [0.1, 0.15) is 239 Å². The zero-order chi connectivity index (χ0) is 40.0. The third-order valence-electron chi connectivity index (χ3n) is 10.7. The second kappa shape index (κ2) is 46.5. The molecule has 0 saturated carbocycles. The second-order valence-electron chi connectivity index (χ2n) is 16.2. The highest BCUT2D eigenvalue weighted by atomic mass is 16.3. The lowest BCUT2D eigenvalue weighted by atomic mass is 10.0. The molecule has 0 aromatic rings. The molecular formula is C51H93NO3. The molecule has 2 atom stereocenters. The Morgan fingerprint density at radius 2 is 0.764 bits per heavy atom. The Morgan fingerprint density at radius 1 is 0.436 bits per heavy atom. The first-order valence-electron chi connectivity index (χ1n) is 24.0. The Kier molecular flexibility index (Phi) is 44.9. The molecule has 0 aliphatic carbocycles. The van der Waals surface area contributed by atoms with Crippen LogP contribution in [0.15, 0.2) is 60.8 Å². The van der Waals surface area contributed by atoms with E-state index in [4.69, 9.17) is 0 Å². The van der Waals surface area contributed by atoms with E-state index in [1.165, 1.54) is 173 Å². The maximum atomic E-state index is 12.4. The van der Waals surface area contributed by atoms with Gasteiger partial charge < -0.3 is 15.5 Å². The van der Waals surface area contributed by atoms with Crippen LogP contribution in [-0.2, 0) is 4.79 Å². The molecule has 0 aromatic carbocycles. The molecule has 0 radical (unpaired) electrons. The van der Waals surface area contributed by atoms with E-state index in [9.17, 15) is 15.0 Å². The fraction of sp³-hybridized carbons (Fsp3) is 0.784. The van der Waals surface area contributed by atoms with E-state index < -0.39 is 12.1 Å². The van der Waals surface area contributed by atoms with Gasteiger partial charge in [0.2, 0.25) is 5.91 Å². The zero-order valence-electron chi connectivity index (χ0n) is 36.7. The number of carbonyl (C=O) groups is 1. The maximum Gasteiger partial charge on any atom is 0.220 e. The quantitative estimate of drug-likeness (QED) is 0.0427. The number of aliphatic hydroxyl groups excluding tert-OH is 2. The molecule has 0 saturated heterocycles. The molecule has 4 heteroatoms. The van der Waals surface area contributed by atoms with E-state index in [2.05, 4.69) is 67.8 Å². The van der Waals surface area contributed by atoms with Gasteiger partial charge in [-0.25, -0.2) is 0 Å². The maximum absolute atomic E-state index is 12.4. The molecule has 0 spiro atoms. The minimum atomic E-state index is -0.872. The van der Waals surface area contributed by atoms with Crippen LogP contribution in [0.2, 0.25) is 0 Å². The third kappa shape index (κ3) is 43.1. The van der Waals surface area contributed by atoms with Gasteiger partial charge in [0, 0.05) is 6.42 Å². The summed E-state index contributed by atoms with van der Waals surface area (Å²) in [5.41, 5.74) is 0. The number of rotatable bonds is 43. The highest BCUT2D eigenvalue weighted by molar-refractivity contribution is 5.76. The van der Waals surface area contributed by atoms with Gasteiger partial charge >= 0.3 is 0 Å². The van der Waals surface area contributed by atoms with Gasteiger partial charge in [0.05, 0.1) is 18.8 Å². The van der Waals surface area contributed by atoms with Gasteiger partial charge in [-0.2, -0.15) is 0 Å². The summed E-state index contributed by atoms with van der Waals surface area (Å²) in [6.45, 7) is 4.28. The molecule has 0 bridgehead atoms. The first-order valence-corrected chi connectivity index (χ1v) is 24.0. The van der Waals surface area contributed by atoms with Crippen LogP contribution in [0.25, 0.3) is 0 Å². The van der Waals surface area contributed by atoms with E-state index in [0.29, 0.717) is 6.42 Å². The van der Waals surface area contributed by atoms with Crippen LogP contribution in [0.5, 0.6) is 0 Å². The van der Waals surface area contributed by atoms with Crippen molar-refractivity contribution in [3.8, 4) is 0 Å². The van der Waals surface area contributed by atoms with Gasteiger partial charge in [-0.15, -0.1) is 0 Å². The summed E-state index contributed by atoms with van der Waals surface area (Å²) in [4.78, 5) is 12.4. The molecular weight excluding hydrogens is 675 g/mol. The summed E-state index contributed by atoms with van der Waals surface area (Å²) >= 11 is 0. The summed E-state index contributed by atoms with van der Waals surface area (Å²) in [5, 5.41) is 23.0. The molecule has 0 rings (SSSR count). The summed E-state index contributed by atoms with van der Waals surface area (Å²) in [7, 11) is 0. The third-order valence-corrected chi connectivity index (χ3v) is 10.7. The van der Waals surface area contributed by atoms with E-state index in [1.807, 2.05) is 6.08 Å². The lowest BCUT2D eigenvalue weighted by Crippen LogP contribution is -2.45. The summed E-state index contributed by atoms with van der Waals surface area (Å²) < 4.78 is 0.